The monoisotopic (exact) mass is 440 g/mol. The average Bonchev–Trinajstić information content (AvgIpc) is 3.06. The molecule has 1 aromatic carbocycles. The molecule has 2 N–H and O–H groups in total. The summed E-state index contributed by atoms with van der Waals surface area (Å²) in [5.41, 5.74) is 1.21. The predicted octanol–water partition coefficient (Wildman–Crippen LogP) is 4.90. The fraction of sp³-hybridized carbons (Fsp3) is 0.741. The molecule has 3 aliphatic rings. The Morgan fingerprint density at radius 2 is 1.91 bits per heavy atom. The molecule has 1 saturated carbocycles. The maximum atomic E-state index is 11.2. The second kappa shape index (κ2) is 10.7. The van der Waals surface area contributed by atoms with Crippen molar-refractivity contribution >= 4 is 5.84 Å². The van der Waals surface area contributed by atoms with Crippen LogP contribution >= 0.6 is 0 Å². The van der Waals surface area contributed by atoms with Gasteiger partial charge >= 0.3 is 0 Å². The molecule has 0 radical (unpaired) electrons. The lowest BCUT2D eigenvalue weighted by Gasteiger charge is -2.51. The molecule has 0 amide bonds. The number of hydrogen-bond donors (Lipinski definition) is 2. The molecular formula is C27H44N4O. The van der Waals surface area contributed by atoms with E-state index in [0.717, 1.165) is 51.0 Å². The molecule has 32 heavy (non-hydrogen) atoms. The van der Waals surface area contributed by atoms with Crippen molar-refractivity contribution in [1.29, 1.82) is 0 Å². The van der Waals surface area contributed by atoms with Crippen molar-refractivity contribution in [2.45, 2.75) is 122 Å². The Morgan fingerprint density at radius 3 is 2.56 bits per heavy atom. The van der Waals surface area contributed by atoms with Gasteiger partial charge in [0.2, 0.25) is 6.35 Å². The van der Waals surface area contributed by atoms with Crippen LogP contribution in [-0.2, 0) is 6.54 Å². The smallest absolute Gasteiger partial charge is 0.207 e. The van der Waals surface area contributed by atoms with Gasteiger partial charge in [0.05, 0.1) is 5.54 Å². The molecule has 5 heteroatoms. The van der Waals surface area contributed by atoms with Crippen molar-refractivity contribution in [3.05, 3.63) is 35.9 Å². The lowest BCUT2D eigenvalue weighted by Crippen LogP contribution is -2.66. The van der Waals surface area contributed by atoms with E-state index >= 15 is 0 Å². The first-order valence-electron chi connectivity index (χ1n) is 13.2. The topological polar surface area (TPSA) is 51.1 Å². The number of nitrogens with zero attached hydrogens (tertiary/aromatic N) is 3. The molecule has 4 atom stereocenters. The molecular weight excluding hydrogens is 396 g/mol. The molecule has 1 aromatic rings. The van der Waals surface area contributed by atoms with Crippen LogP contribution in [0, 0.1) is 0 Å². The number of aliphatic hydroxyl groups excluding tert-OH is 1. The minimum atomic E-state index is -0.717. The van der Waals surface area contributed by atoms with Gasteiger partial charge in [-0.25, -0.2) is 9.89 Å². The van der Waals surface area contributed by atoms with Gasteiger partial charge in [0.1, 0.15) is 5.84 Å². The number of piperidine rings is 1. The Balaban J connectivity index is 1.57. The molecule has 2 aliphatic heterocycles. The molecule has 5 nitrogen and oxygen atoms in total. The van der Waals surface area contributed by atoms with Crippen molar-refractivity contribution < 1.29 is 5.11 Å². The first-order chi connectivity index (χ1) is 15.6. The molecule has 0 bridgehead atoms. The summed E-state index contributed by atoms with van der Waals surface area (Å²) in [6.07, 6.45) is 11.1. The van der Waals surface area contributed by atoms with Gasteiger partial charge < -0.3 is 10.4 Å². The zero-order chi connectivity index (χ0) is 22.6. The number of amidine groups is 1. The average molecular weight is 441 g/mol. The molecule has 4 rings (SSSR count). The summed E-state index contributed by atoms with van der Waals surface area (Å²) in [5.74, 6) is 1.08. The number of aliphatic hydroxyl groups is 1. The molecule has 1 aliphatic carbocycles. The highest BCUT2D eigenvalue weighted by Crippen LogP contribution is 2.42. The van der Waals surface area contributed by atoms with Gasteiger partial charge in [-0.15, -0.1) is 0 Å². The number of benzene rings is 1. The van der Waals surface area contributed by atoms with Crippen LogP contribution < -0.4 is 5.32 Å². The SMILES string of the molecule is CCCC(CC)N1C(O)N=C(NC2CCCCC2)C12CCN(Cc1ccccc1)C(C)C2. The van der Waals surface area contributed by atoms with Crippen molar-refractivity contribution in [2.24, 2.45) is 4.99 Å². The summed E-state index contributed by atoms with van der Waals surface area (Å²) < 4.78 is 0. The van der Waals surface area contributed by atoms with Gasteiger partial charge in [-0.1, -0.05) is 69.9 Å². The van der Waals surface area contributed by atoms with Gasteiger partial charge in [-0.2, -0.15) is 0 Å². The van der Waals surface area contributed by atoms with E-state index in [2.05, 4.69) is 66.2 Å². The van der Waals surface area contributed by atoms with Crippen LogP contribution in [0.4, 0.5) is 0 Å². The second-order valence-corrected chi connectivity index (χ2v) is 10.4. The molecule has 0 aromatic heterocycles. The van der Waals surface area contributed by atoms with Gasteiger partial charge in [0.25, 0.3) is 0 Å². The lowest BCUT2D eigenvalue weighted by atomic mass is 9.79. The van der Waals surface area contributed by atoms with E-state index in [0.29, 0.717) is 18.1 Å². The number of hydrogen-bond acceptors (Lipinski definition) is 5. The van der Waals surface area contributed by atoms with Crippen molar-refractivity contribution in [3.8, 4) is 0 Å². The molecule has 2 fully saturated rings. The number of rotatable bonds is 7. The zero-order valence-electron chi connectivity index (χ0n) is 20.5. The van der Waals surface area contributed by atoms with Crippen molar-refractivity contribution in [3.63, 3.8) is 0 Å². The zero-order valence-corrected chi connectivity index (χ0v) is 20.5. The molecule has 178 valence electrons. The first-order valence-corrected chi connectivity index (χ1v) is 13.2. The Kier molecular flexibility index (Phi) is 7.91. The standard InChI is InChI=1S/C27H44N4O/c1-4-12-24(5-2)31-26(32)29-25(28-23-15-10-7-11-16-23)27(31)17-18-30(21(3)19-27)20-22-13-8-6-9-14-22/h6,8-9,13-14,21,23-24,26,32H,4-5,7,10-12,15-20H2,1-3H3,(H,28,29). The lowest BCUT2D eigenvalue weighted by molar-refractivity contribution is -0.0804. The summed E-state index contributed by atoms with van der Waals surface area (Å²) in [7, 11) is 0. The van der Waals surface area contributed by atoms with E-state index in [9.17, 15) is 5.11 Å². The summed E-state index contributed by atoms with van der Waals surface area (Å²) in [5, 5.41) is 15.1. The van der Waals surface area contributed by atoms with E-state index in [1.54, 1.807) is 0 Å². The summed E-state index contributed by atoms with van der Waals surface area (Å²) in [6.45, 7) is 8.92. The van der Waals surface area contributed by atoms with E-state index in [1.165, 1.54) is 37.7 Å². The maximum Gasteiger partial charge on any atom is 0.207 e. The van der Waals surface area contributed by atoms with Crippen LogP contribution in [0.15, 0.2) is 35.3 Å². The summed E-state index contributed by atoms with van der Waals surface area (Å²) in [6, 6.07) is 12.1. The van der Waals surface area contributed by atoms with Gasteiger partial charge in [-0.3, -0.25) is 4.90 Å². The first kappa shape index (κ1) is 23.7. The Labute approximate surface area is 195 Å². The quantitative estimate of drug-likeness (QED) is 0.633. The minimum Gasteiger partial charge on any atom is -0.369 e. The third-order valence-corrected chi connectivity index (χ3v) is 8.16. The summed E-state index contributed by atoms with van der Waals surface area (Å²) >= 11 is 0. The molecule has 2 heterocycles. The van der Waals surface area contributed by atoms with Gasteiger partial charge in [0, 0.05) is 31.2 Å². The number of aliphatic imine (C=N–C) groups is 1. The van der Waals surface area contributed by atoms with Crippen LogP contribution in [0.25, 0.3) is 0 Å². The molecule has 1 saturated heterocycles. The fourth-order valence-electron chi connectivity index (χ4n) is 6.44. The van der Waals surface area contributed by atoms with Crippen molar-refractivity contribution in [2.75, 3.05) is 6.54 Å². The second-order valence-electron chi connectivity index (χ2n) is 10.4. The predicted molar refractivity (Wildman–Crippen MR) is 133 cm³/mol. The normalized spacial score (nSPS) is 31.1. The maximum absolute atomic E-state index is 11.2. The highest BCUT2D eigenvalue weighted by atomic mass is 16.3. The number of nitrogens with one attached hydrogen (secondary N) is 1. The Bertz CT molecular complexity index is 747. The molecule has 1 spiro atoms. The Hall–Kier alpha value is -1.43. The van der Waals surface area contributed by atoms with Crippen LogP contribution in [0.2, 0.25) is 0 Å². The minimum absolute atomic E-state index is 0.167. The highest BCUT2D eigenvalue weighted by molar-refractivity contribution is 5.93. The Morgan fingerprint density at radius 1 is 1.16 bits per heavy atom. The van der Waals surface area contributed by atoms with Crippen molar-refractivity contribution in [1.82, 2.24) is 15.1 Å². The van der Waals surface area contributed by atoms with Gasteiger partial charge in [-0.05, 0) is 51.0 Å². The third-order valence-electron chi connectivity index (χ3n) is 8.16. The van der Waals surface area contributed by atoms with Crippen LogP contribution in [-0.4, -0.2) is 57.3 Å². The van der Waals surface area contributed by atoms with E-state index in [1.807, 2.05) is 0 Å². The fourth-order valence-corrected chi connectivity index (χ4v) is 6.44. The molecule has 4 unspecified atom stereocenters. The van der Waals surface area contributed by atoms with E-state index in [4.69, 9.17) is 4.99 Å². The van der Waals surface area contributed by atoms with E-state index < -0.39 is 6.35 Å². The van der Waals surface area contributed by atoms with Crippen LogP contribution in [0.3, 0.4) is 0 Å². The van der Waals surface area contributed by atoms with Crippen LogP contribution in [0.1, 0.15) is 90.5 Å². The number of likely N-dealkylation sites (tertiary alicyclic amines) is 1. The van der Waals surface area contributed by atoms with Crippen LogP contribution in [0.5, 0.6) is 0 Å². The third kappa shape index (κ3) is 4.90. The summed E-state index contributed by atoms with van der Waals surface area (Å²) in [4.78, 5) is 9.92. The van der Waals surface area contributed by atoms with E-state index in [-0.39, 0.29) is 5.54 Å². The highest BCUT2D eigenvalue weighted by Gasteiger charge is 2.54. The largest absolute Gasteiger partial charge is 0.369 e. The van der Waals surface area contributed by atoms with Gasteiger partial charge in [0.15, 0.2) is 0 Å².